The molecule has 2 fully saturated rings. The van der Waals surface area contributed by atoms with Gasteiger partial charge in [0.25, 0.3) is 0 Å². The van der Waals surface area contributed by atoms with Crippen molar-refractivity contribution in [3.63, 3.8) is 0 Å². The minimum atomic E-state index is -2.37. The van der Waals surface area contributed by atoms with Gasteiger partial charge < -0.3 is 59.5 Å². The number of aliphatic hydroxyl groups is 3. The van der Waals surface area contributed by atoms with Crippen LogP contribution in [0.3, 0.4) is 0 Å². The molecule has 3 aromatic rings. The van der Waals surface area contributed by atoms with Crippen LogP contribution in [0.1, 0.15) is 6.42 Å². The van der Waals surface area contributed by atoms with Gasteiger partial charge in [-0.15, -0.1) is 0 Å². The molecule has 14 heteroatoms. The largest absolute Gasteiger partial charge is 0.504 e. The van der Waals surface area contributed by atoms with E-state index in [2.05, 4.69) is 10.6 Å². The summed E-state index contributed by atoms with van der Waals surface area (Å²) in [5, 5.41) is 59.5. The molecule has 2 aliphatic rings. The molecule has 2 aromatic carbocycles. The van der Waals surface area contributed by atoms with Crippen LogP contribution in [0.4, 0.5) is 0 Å². The molecule has 2 saturated heterocycles. The third-order valence-corrected chi connectivity index (χ3v) is 7.28. The van der Waals surface area contributed by atoms with Crippen LogP contribution in [0.2, 0.25) is 0 Å². The lowest BCUT2D eigenvalue weighted by Gasteiger charge is -2.47. The Hall–Kier alpha value is -3.92. The summed E-state index contributed by atoms with van der Waals surface area (Å²) >= 11 is 0. The van der Waals surface area contributed by atoms with Crippen LogP contribution < -0.4 is 30.3 Å². The third kappa shape index (κ3) is 5.16. The third-order valence-electron chi connectivity index (χ3n) is 7.28. The number of nitrogens with one attached hydrogen (secondary N) is 2. The number of aromatic hydroxyl groups is 1. The number of aliphatic carboxylic acids is 1. The lowest BCUT2D eigenvalue weighted by Crippen LogP contribution is -2.70. The monoisotopic (exact) mass is 574 g/mol. The van der Waals surface area contributed by atoms with Crippen LogP contribution in [0, 0.1) is 0 Å². The summed E-state index contributed by atoms with van der Waals surface area (Å²) in [6.45, 7) is 0.819. The maximum atomic E-state index is 13.0. The van der Waals surface area contributed by atoms with E-state index in [4.69, 9.17) is 23.4 Å². The first-order valence-electron chi connectivity index (χ1n) is 12.7. The van der Waals surface area contributed by atoms with Crippen molar-refractivity contribution in [3.05, 3.63) is 46.6 Å². The second-order valence-electron chi connectivity index (χ2n) is 9.84. The standard InChI is InChI=1S/C27H30N2O12/c1-37-14-5-3-12(4-6-14)16-7-15(30)19-17(39-16)8-18(22(38-2)20(19)31)40-26-21(32)23(33)27(36,24(41-26)25(34)35)9-13-10-28-11-29-13/h3-8,13,21,23-24,26,28-29,31-33,36H,9-11H2,1-2H3,(H,34,35)/t13-,21+,23-,24+,26+,27-/m0/s1. The molecule has 0 amide bonds. The van der Waals surface area contributed by atoms with Crippen molar-refractivity contribution in [1.82, 2.24) is 10.6 Å². The SMILES string of the molecule is COc1ccc(-c2cc(=O)c3c(O)c(OC)c(O[C@@H]4O[C@H](C(=O)O)[C@](O)(C[C@H]5CNCN5)[C@@H](O)[C@H]4O)cc3o2)cc1. The van der Waals surface area contributed by atoms with Crippen molar-refractivity contribution < 1.29 is 53.7 Å². The van der Waals surface area contributed by atoms with Crippen molar-refractivity contribution in [2.75, 3.05) is 27.4 Å². The fourth-order valence-corrected chi connectivity index (χ4v) is 5.17. The molecule has 0 radical (unpaired) electrons. The highest BCUT2D eigenvalue weighted by Gasteiger charge is 2.59. The Kier molecular flexibility index (Phi) is 7.78. The van der Waals surface area contributed by atoms with E-state index in [1.54, 1.807) is 24.3 Å². The fourth-order valence-electron chi connectivity index (χ4n) is 5.17. The number of hydrogen-bond donors (Lipinski definition) is 7. The number of phenolic OH excluding ortho intramolecular Hbond substituents is 1. The van der Waals surface area contributed by atoms with Gasteiger partial charge in [-0.05, 0) is 30.7 Å². The Balaban J connectivity index is 1.51. The number of carbonyl (C=O) groups is 1. The lowest BCUT2D eigenvalue weighted by molar-refractivity contribution is -0.306. The van der Waals surface area contributed by atoms with Crippen LogP contribution in [0.25, 0.3) is 22.3 Å². The van der Waals surface area contributed by atoms with Gasteiger partial charge in [-0.25, -0.2) is 4.79 Å². The molecule has 1 aromatic heterocycles. The van der Waals surface area contributed by atoms with Gasteiger partial charge in [0, 0.05) is 37.0 Å². The molecule has 0 saturated carbocycles. The van der Waals surface area contributed by atoms with Crippen molar-refractivity contribution in [2.45, 2.75) is 42.7 Å². The van der Waals surface area contributed by atoms with Crippen LogP contribution in [-0.2, 0) is 9.53 Å². The molecule has 3 heterocycles. The van der Waals surface area contributed by atoms with E-state index < -0.39 is 53.4 Å². The van der Waals surface area contributed by atoms with E-state index in [0.717, 1.165) is 0 Å². The molecule has 41 heavy (non-hydrogen) atoms. The average Bonchev–Trinajstić information content (AvgIpc) is 3.46. The van der Waals surface area contributed by atoms with Crippen LogP contribution in [0.15, 0.2) is 45.6 Å². The van der Waals surface area contributed by atoms with Gasteiger partial charge in [0.2, 0.25) is 12.0 Å². The highest BCUT2D eigenvalue weighted by atomic mass is 16.7. The topological polar surface area (TPSA) is 209 Å². The number of carboxylic acid groups (broad SMARTS) is 1. The van der Waals surface area contributed by atoms with Crippen molar-refractivity contribution in [3.8, 4) is 34.3 Å². The zero-order valence-electron chi connectivity index (χ0n) is 22.1. The van der Waals surface area contributed by atoms with E-state index in [0.29, 0.717) is 24.5 Å². The average molecular weight is 575 g/mol. The predicted molar refractivity (Wildman–Crippen MR) is 141 cm³/mol. The van der Waals surface area contributed by atoms with Gasteiger partial charge in [0.1, 0.15) is 40.3 Å². The van der Waals surface area contributed by atoms with E-state index >= 15 is 0 Å². The molecule has 0 unspecified atom stereocenters. The molecular formula is C27H30N2O12. The minimum Gasteiger partial charge on any atom is -0.504 e. The zero-order chi connectivity index (χ0) is 29.5. The van der Waals surface area contributed by atoms with Gasteiger partial charge >= 0.3 is 5.97 Å². The van der Waals surface area contributed by atoms with Crippen molar-refractivity contribution >= 4 is 16.9 Å². The summed E-state index contributed by atoms with van der Waals surface area (Å²) in [4.78, 5) is 25.1. The van der Waals surface area contributed by atoms with E-state index in [-0.39, 0.29) is 34.6 Å². The summed E-state index contributed by atoms with van der Waals surface area (Å²) in [7, 11) is 2.70. The highest BCUT2D eigenvalue weighted by molar-refractivity contribution is 5.89. The van der Waals surface area contributed by atoms with Gasteiger partial charge in [-0.3, -0.25) is 4.79 Å². The quantitative estimate of drug-likeness (QED) is 0.185. The second-order valence-corrected chi connectivity index (χ2v) is 9.84. The number of fused-ring (bicyclic) bond motifs is 1. The number of hydrogen-bond acceptors (Lipinski definition) is 13. The van der Waals surface area contributed by atoms with Gasteiger partial charge in [-0.2, -0.15) is 0 Å². The van der Waals surface area contributed by atoms with Gasteiger partial charge in [-0.1, -0.05) is 0 Å². The van der Waals surface area contributed by atoms with Crippen molar-refractivity contribution in [1.29, 1.82) is 0 Å². The maximum absolute atomic E-state index is 13.0. The lowest BCUT2D eigenvalue weighted by atomic mass is 9.79. The number of benzene rings is 2. The Morgan fingerprint density at radius 2 is 1.88 bits per heavy atom. The van der Waals surface area contributed by atoms with Crippen LogP contribution in [-0.4, -0.2) is 95.2 Å². The minimum absolute atomic E-state index is 0.117. The molecule has 14 nitrogen and oxygen atoms in total. The normalized spacial score (nSPS) is 28.0. The molecule has 2 aliphatic heterocycles. The molecule has 0 aliphatic carbocycles. The maximum Gasteiger partial charge on any atom is 0.336 e. The first kappa shape index (κ1) is 28.6. The molecule has 5 rings (SSSR count). The first-order valence-corrected chi connectivity index (χ1v) is 12.7. The molecule has 220 valence electrons. The summed E-state index contributed by atoms with van der Waals surface area (Å²) < 4.78 is 27.5. The Morgan fingerprint density at radius 1 is 1.15 bits per heavy atom. The molecule has 0 spiro atoms. The molecule has 0 bridgehead atoms. The number of aliphatic hydroxyl groups excluding tert-OH is 2. The highest BCUT2D eigenvalue weighted by Crippen LogP contribution is 2.44. The number of rotatable bonds is 8. The van der Waals surface area contributed by atoms with E-state index in [1.165, 1.54) is 26.4 Å². The predicted octanol–water partition coefficient (Wildman–Crippen LogP) is -0.267. The van der Waals surface area contributed by atoms with Crippen LogP contribution >= 0.6 is 0 Å². The summed E-state index contributed by atoms with van der Waals surface area (Å²) in [5.74, 6) is -2.10. The van der Waals surface area contributed by atoms with Crippen LogP contribution in [0.5, 0.6) is 23.0 Å². The number of carboxylic acids is 1. The van der Waals surface area contributed by atoms with Crippen molar-refractivity contribution in [2.24, 2.45) is 0 Å². The molecule has 6 atom stereocenters. The van der Waals surface area contributed by atoms with Gasteiger partial charge in [0.05, 0.1) is 14.2 Å². The summed E-state index contributed by atoms with van der Waals surface area (Å²) in [6.07, 6.45) is -7.99. The molecule has 7 N–H and O–H groups in total. The van der Waals surface area contributed by atoms with Gasteiger partial charge in [0.15, 0.2) is 23.0 Å². The van der Waals surface area contributed by atoms with E-state index in [9.17, 15) is 35.1 Å². The smallest absolute Gasteiger partial charge is 0.336 e. The van der Waals surface area contributed by atoms with E-state index in [1.807, 2.05) is 0 Å². The number of ether oxygens (including phenoxy) is 4. The number of methoxy groups -OCH3 is 2. The number of phenols is 1. The Morgan fingerprint density at radius 3 is 2.49 bits per heavy atom. The first-order chi connectivity index (χ1) is 19.6. The molecular weight excluding hydrogens is 544 g/mol. The summed E-state index contributed by atoms with van der Waals surface area (Å²) in [5.41, 5.74) is -2.54. The second kappa shape index (κ2) is 11.2. The zero-order valence-corrected chi connectivity index (χ0v) is 22.1. The summed E-state index contributed by atoms with van der Waals surface area (Å²) in [6, 6.07) is 8.68. The Bertz CT molecular complexity index is 1490. The fraction of sp³-hybridized carbons (Fsp3) is 0.407. The Labute approximate surface area is 232 Å².